The number of carbonyl (C=O) groups is 1. The Morgan fingerprint density at radius 1 is 1.14 bits per heavy atom. The van der Waals surface area contributed by atoms with Crippen LogP contribution >= 0.6 is 34.5 Å². The van der Waals surface area contributed by atoms with Crippen LogP contribution in [0.1, 0.15) is 34.3 Å². The summed E-state index contributed by atoms with van der Waals surface area (Å²) in [6.45, 7) is 5.40. The first-order valence-electron chi connectivity index (χ1n) is 9.20. The maximum absolute atomic E-state index is 12.8. The van der Waals surface area contributed by atoms with Crippen molar-refractivity contribution in [1.82, 2.24) is 9.88 Å². The molecule has 1 saturated heterocycles. The fourth-order valence-electron chi connectivity index (χ4n) is 3.44. The molecule has 1 aromatic heterocycles. The van der Waals surface area contributed by atoms with Gasteiger partial charge in [0.2, 0.25) is 0 Å². The number of rotatable bonds is 3. The van der Waals surface area contributed by atoms with Gasteiger partial charge in [0, 0.05) is 31.0 Å². The third-order valence-electron chi connectivity index (χ3n) is 5.08. The number of piperidine rings is 1. The number of hydrogen-bond acceptors (Lipinski definition) is 4. The molecule has 0 saturated carbocycles. The van der Waals surface area contributed by atoms with E-state index in [-0.39, 0.29) is 12.0 Å². The molecule has 0 N–H and O–H groups in total. The van der Waals surface area contributed by atoms with Crippen LogP contribution in [0.3, 0.4) is 0 Å². The van der Waals surface area contributed by atoms with E-state index in [0.717, 1.165) is 23.9 Å². The van der Waals surface area contributed by atoms with Crippen molar-refractivity contribution in [2.75, 3.05) is 13.1 Å². The predicted molar refractivity (Wildman–Crippen MR) is 115 cm³/mol. The van der Waals surface area contributed by atoms with E-state index in [4.69, 9.17) is 27.9 Å². The Morgan fingerprint density at radius 3 is 2.57 bits per heavy atom. The number of hydrogen-bond donors (Lipinski definition) is 0. The van der Waals surface area contributed by atoms with E-state index in [1.807, 2.05) is 4.90 Å². The minimum absolute atomic E-state index is 0.0556. The zero-order valence-electron chi connectivity index (χ0n) is 15.7. The van der Waals surface area contributed by atoms with Crippen LogP contribution < -0.4 is 4.74 Å². The molecule has 0 atom stereocenters. The summed E-state index contributed by atoms with van der Waals surface area (Å²) in [7, 11) is 0. The van der Waals surface area contributed by atoms with Crippen LogP contribution in [0.4, 0.5) is 0 Å². The number of thiazole rings is 1. The van der Waals surface area contributed by atoms with Crippen molar-refractivity contribution in [1.29, 1.82) is 0 Å². The van der Waals surface area contributed by atoms with Crippen LogP contribution in [0, 0.1) is 13.8 Å². The van der Waals surface area contributed by atoms with E-state index in [1.165, 1.54) is 10.3 Å². The number of ether oxygens (including phenoxy) is 1. The molecule has 2 aromatic carbocycles. The molecule has 1 aliphatic rings. The van der Waals surface area contributed by atoms with Gasteiger partial charge >= 0.3 is 0 Å². The lowest BCUT2D eigenvalue weighted by molar-refractivity contribution is 0.0595. The Morgan fingerprint density at radius 2 is 1.86 bits per heavy atom. The van der Waals surface area contributed by atoms with Crippen molar-refractivity contribution in [3.8, 4) is 5.19 Å². The van der Waals surface area contributed by atoms with Crippen molar-refractivity contribution in [2.24, 2.45) is 0 Å². The summed E-state index contributed by atoms with van der Waals surface area (Å²) in [5, 5.41) is 1.63. The average Bonchev–Trinajstić information content (AvgIpc) is 3.12. The zero-order chi connectivity index (χ0) is 19.8. The Bertz CT molecular complexity index is 1000. The molecule has 146 valence electrons. The minimum Gasteiger partial charge on any atom is -0.467 e. The smallest absolute Gasteiger partial charge is 0.274 e. The molecule has 0 radical (unpaired) electrons. The van der Waals surface area contributed by atoms with Gasteiger partial charge in [0.15, 0.2) is 0 Å². The summed E-state index contributed by atoms with van der Waals surface area (Å²) < 4.78 is 7.33. The summed E-state index contributed by atoms with van der Waals surface area (Å²) in [5.74, 6) is -0.0859. The quantitative estimate of drug-likeness (QED) is 0.514. The van der Waals surface area contributed by atoms with E-state index in [1.54, 1.807) is 29.5 Å². The molecule has 4 nitrogen and oxygen atoms in total. The van der Waals surface area contributed by atoms with E-state index >= 15 is 0 Å². The van der Waals surface area contributed by atoms with Crippen LogP contribution in [-0.4, -0.2) is 35.0 Å². The Kier molecular flexibility index (Phi) is 5.50. The Hall–Kier alpha value is -1.82. The molecule has 3 aromatic rings. The molecule has 0 aliphatic carbocycles. The second-order valence-electron chi connectivity index (χ2n) is 7.09. The summed E-state index contributed by atoms with van der Waals surface area (Å²) in [5.41, 5.74) is 3.84. The third-order valence-corrected chi connectivity index (χ3v) is 6.72. The van der Waals surface area contributed by atoms with Crippen LogP contribution in [0.15, 0.2) is 30.3 Å². The molecule has 2 heterocycles. The maximum atomic E-state index is 12.8. The summed E-state index contributed by atoms with van der Waals surface area (Å²) >= 11 is 13.8. The van der Waals surface area contributed by atoms with Crippen molar-refractivity contribution < 1.29 is 9.53 Å². The van der Waals surface area contributed by atoms with Crippen molar-refractivity contribution in [3.63, 3.8) is 0 Å². The van der Waals surface area contributed by atoms with Gasteiger partial charge in [-0.25, -0.2) is 4.98 Å². The van der Waals surface area contributed by atoms with E-state index in [0.29, 0.717) is 33.9 Å². The second-order valence-corrected chi connectivity index (χ2v) is 8.90. The molecule has 0 bridgehead atoms. The van der Waals surface area contributed by atoms with E-state index < -0.39 is 0 Å². The highest BCUT2D eigenvalue weighted by Gasteiger charge is 2.26. The highest BCUT2D eigenvalue weighted by molar-refractivity contribution is 7.20. The molecule has 7 heteroatoms. The number of carbonyl (C=O) groups excluding carboxylic acids is 1. The normalized spacial score (nSPS) is 15.2. The number of nitrogens with zero attached hydrogens (tertiary/aromatic N) is 2. The van der Waals surface area contributed by atoms with E-state index in [2.05, 4.69) is 31.0 Å². The average molecular weight is 435 g/mol. The van der Waals surface area contributed by atoms with Gasteiger partial charge in [0.05, 0.1) is 20.8 Å². The molecule has 1 fully saturated rings. The summed E-state index contributed by atoms with van der Waals surface area (Å²) in [6.07, 6.45) is 1.58. The zero-order valence-corrected chi connectivity index (χ0v) is 18.0. The van der Waals surface area contributed by atoms with Crippen LogP contribution in [-0.2, 0) is 0 Å². The molecular weight excluding hydrogens is 415 g/mol. The first-order valence-corrected chi connectivity index (χ1v) is 10.8. The van der Waals surface area contributed by atoms with Gasteiger partial charge in [0.1, 0.15) is 6.10 Å². The number of likely N-dealkylation sites (tertiary alicyclic amines) is 1. The fraction of sp³-hybridized carbons (Fsp3) is 0.333. The van der Waals surface area contributed by atoms with Crippen LogP contribution in [0.5, 0.6) is 5.19 Å². The van der Waals surface area contributed by atoms with Crippen molar-refractivity contribution in [2.45, 2.75) is 32.8 Å². The number of fused-ring (bicyclic) bond motifs is 1. The van der Waals surface area contributed by atoms with Gasteiger partial charge in [-0.1, -0.05) is 46.7 Å². The molecular formula is C21H20Cl2N2O2S. The number of amides is 1. The second kappa shape index (κ2) is 7.90. The number of halogens is 2. The lowest BCUT2D eigenvalue weighted by Gasteiger charge is -2.31. The maximum Gasteiger partial charge on any atom is 0.274 e. The number of aryl methyl sites for hydroxylation is 2. The van der Waals surface area contributed by atoms with Gasteiger partial charge in [0.25, 0.3) is 11.1 Å². The number of benzene rings is 2. The lowest BCUT2D eigenvalue weighted by atomic mass is 10.1. The van der Waals surface area contributed by atoms with E-state index in [9.17, 15) is 4.79 Å². The van der Waals surface area contributed by atoms with Crippen LogP contribution in [0.25, 0.3) is 10.2 Å². The minimum atomic E-state index is -0.0859. The molecule has 0 spiro atoms. The summed E-state index contributed by atoms with van der Waals surface area (Å²) in [6, 6.07) is 9.17. The van der Waals surface area contributed by atoms with Crippen molar-refractivity contribution >= 4 is 50.7 Å². The molecule has 28 heavy (non-hydrogen) atoms. The van der Waals surface area contributed by atoms with Gasteiger partial charge in [-0.2, -0.15) is 0 Å². The van der Waals surface area contributed by atoms with Gasteiger partial charge in [-0.05, 0) is 43.2 Å². The molecule has 1 aliphatic heterocycles. The highest BCUT2D eigenvalue weighted by Crippen LogP contribution is 2.34. The predicted octanol–water partition coefficient (Wildman–Crippen LogP) is 5.90. The van der Waals surface area contributed by atoms with Gasteiger partial charge in [-0.15, -0.1) is 0 Å². The first-order chi connectivity index (χ1) is 13.4. The fourth-order valence-corrected chi connectivity index (χ4v) is 4.84. The Labute approximate surface area is 178 Å². The Balaban J connectivity index is 1.42. The number of aromatic nitrogens is 1. The van der Waals surface area contributed by atoms with Gasteiger partial charge in [-0.3, -0.25) is 4.79 Å². The molecule has 0 unspecified atom stereocenters. The van der Waals surface area contributed by atoms with Gasteiger partial charge < -0.3 is 9.64 Å². The van der Waals surface area contributed by atoms with Crippen LogP contribution in [0.2, 0.25) is 10.0 Å². The third kappa shape index (κ3) is 3.84. The lowest BCUT2D eigenvalue weighted by Crippen LogP contribution is -2.41. The summed E-state index contributed by atoms with van der Waals surface area (Å²) in [4.78, 5) is 19.2. The van der Waals surface area contributed by atoms with Crippen molar-refractivity contribution in [3.05, 3.63) is 57.1 Å². The topological polar surface area (TPSA) is 42.4 Å². The molecule has 1 amide bonds. The highest BCUT2D eigenvalue weighted by atomic mass is 35.5. The monoisotopic (exact) mass is 434 g/mol. The largest absolute Gasteiger partial charge is 0.467 e. The SMILES string of the molecule is Cc1ccc(C)c2sc(OC3CCN(C(=O)c4cc(Cl)ccc4Cl)CC3)nc12. The molecule has 4 rings (SSSR count). The first kappa shape index (κ1) is 19.5. The standard InChI is InChI=1S/C21H20Cl2N2O2S/c1-12-3-4-13(2)19-18(12)24-21(28-19)27-15-7-9-25(10-8-15)20(26)16-11-14(22)5-6-17(16)23/h3-6,11,15H,7-10H2,1-2H3.